The zero-order valence-corrected chi connectivity index (χ0v) is 13.3. The zero-order chi connectivity index (χ0) is 15.3. The first-order chi connectivity index (χ1) is 9.35. The predicted octanol–water partition coefficient (Wildman–Crippen LogP) is 3.95. The van der Waals surface area contributed by atoms with Crippen molar-refractivity contribution in [1.82, 2.24) is 4.98 Å². The summed E-state index contributed by atoms with van der Waals surface area (Å²) in [5.74, 6) is -0.171. The van der Waals surface area contributed by atoms with Gasteiger partial charge in [0, 0.05) is 9.86 Å². The molecule has 0 spiro atoms. The molecule has 5 heteroatoms. The highest BCUT2D eigenvalue weighted by atomic mass is 79.9. The van der Waals surface area contributed by atoms with Crippen molar-refractivity contribution in [2.45, 2.75) is 13.8 Å². The number of esters is 1. The van der Waals surface area contributed by atoms with Crippen molar-refractivity contribution in [2.75, 3.05) is 12.8 Å². The minimum absolute atomic E-state index is 0.217. The van der Waals surface area contributed by atoms with Crippen LogP contribution in [0.15, 0.2) is 40.9 Å². The number of methoxy groups -OCH3 is 1. The number of benzene rings is 1. The third-order valence-corrected chi connectivity index (χ3v) is 2.71. The fourth-order valence-electron chi connectivity index (χ4n) is 1.45. The number of aromatic nitrogens is 1. The largest absolute Gasteiger partial charge is 0.464 e. The molecule has 106 valence electrons. The number of ether oxygens (including phenoxy) is 1. The van der Waals surface area contributed by atoms with Crippen molar-refractivity contribution >= 4 is 38.5 Å². The van der Waals surface area contributed by atoms with Crippen LogP contribution < -0.4 is 5.73 Å². The zero-order valence-electron chi connectivity index (χ0n) is 11.7. The molecule has 2 aromatic rings. The highest BCUT2D eigenvalue weighted by Gasteiger charge is 2.10. The highest BCUT2D eigenvalue weighted by molar-refractivity contribution is 9.10. The van der Waals surface area contributed by atoms with Crippen LogP contribution in [0.2, 0.25) is 0 Å². The molecule has 0 fully saturated rings. The van der Waals surface area contributed by atoms with Crippen LogP contribution in [-0.4, -0.2) is 18.1 Å². The maximum atomic E-state index is 11.3. The summed E-state index contributed by atoms with van der Waals surface area (Å²) < 4.78 is 5.51. The van der Waals surface area contributed by atoms with Crippen LogP contribution in [0.25, 0.3) is 10.8 Å². The van der Waals surface area contributed by atoms with Crippen LogP contribution in [0.4, 0.5) is 5.82 Å². The normalized spacial score (nSPS) is 9.60. The van der Waals surface area contributed by atoms with Crippen molar-refractivity contribution in [3.8, 4) is 0 Å². The number of carbonyl (C=O) groups excluding carboxylic acids is 1. The molecule has 0 radical (unpaired) electrons. The molecule has 0 atom stereocenters. The summed E-state index contributed by atoms with van der Waals surface area (Å²) in [5, 5.41) is 1.66. The summed E-state index contributed by atoms with van der Waals surface area (Å²) in [4.78, 5) is 15.3. The van der Waals surface area contributed by atoms with E-state index in [1.807, 2.05) is 32.0 Å². The quantitative estimate of drug-likeness (QED) is 0.632. The summed E-state index contributed by atoms with van der Waals surface area (Å²) in [6.45, 7) is 7.50. The second kappa shape index (κ2) is 7.05. The topological polar surface area (TPSA) is 65.2 Å². The molecule has 1 heterocycles. The molecule has 0 aliphatic heterocycles. The number of pyridine rings is 1. The predicted molar refractivity (Wildman–Crippen MR) is 85.7 cm³/mol. The number of nitrogens with zero attached hydrogens (tertiary/aromatic N) is 1. The molecule has 20 heavy (non-hydrogen) atoms. The first-order valence-corrected chi connectivity index (χ1v) is 6.70. The van der Waals surface area contributed by atoms with E-state index >= 15 is 0 Å². The number of hydrogen-bond acceptors (Lipinski definition) is 4. The number of nitrogens with two attached hydrogens (primary N) is 1. The molecule has 0 aliphatic rings. The lowest BCUT2D eigenvalue weighted by Gasteiger charge is -2.05. The minimum atomic E-state index is -0.489. The Morgan fingerprint density at radius 2 is 1.95 bits per heavy atom. The molecule has 1 aromatic carbocycles. The number of nitrogen functional groups attached to an aromatic ring is 1. The number of rotatable bonds is 1. The molecule has 0 bridgehead atoms. The van der Waals surface area contributed by atoms with Crippen molar-refractivity contribution in [3.63, 3.8) is 0 Å². The van der Waals surface area contributed by atoms with Crippen LogP contribution >= 0.6 is 15.9 Å². The van der Waals surface area contributed by atoms with Gasteiger partial charge in [-0.25, -0.2) is 9.78 Å². The van der Waals surface area contributed by atoms with Gasteiger partial charge in [0.2, 0.25) is 0 Å². The number of halogens is 1. The molecular weight excluding hydrogens is 320 g/mol. The van der Waals surface area contributed by atoms with Crippen LogP contribution in [0.1, 0.15) is 24.3 Å². The number of allylic oxidation sites excluding steroid dienone is 1. The van der Waals surface area contributed by atoms with E-state index in [0.717, 1.165) is 15.2 Å². The Bertz CT molecular complexity index is 650. The maximum absolute atomic E-state index is 11.3. The minimum Gasteiger partial charge on any atom is -0.464 e. The number of hydrogen-bond donors (Lipinski definition) is 1. The van der Waals surface area contributed by atoms with Crippen LogP contribution in [0, 0.1) is 0 Å². The van der Waals surface area contributed by atoms with E-state index < -0.39 is 5.97 Å². The Morgan fingerprint density at radius 3 is 2.50 bits per heavy atom. The van der Waals surface area contributed by atoms with Gasteiger partial charge >= 0.3 is 5.97 Å². The van der Waals surface area contributed by atoms with Crippen LogP contribution in [0.3, 0.4) is 0 Å². The molecule has 0 unspecified atom stereocenters. The lowest BCUT2D eigenvalue weighted by molar-refractivity contribution is 0.0594. The second-order valence-corrected chi connectivity index (χ2v) is 5.37. The van der Waals surface area contributed by atoms with Gasteiger partial charge in [-0.05, 0) is 37.4 Å². The van der Waals surface area contributed by atoms with Gasteiger partial charge in [0.1, 0.15) is 5.82 Å². The third kappa shape index (κ3) is 4.35. The number of anilines is 1. The summed E-state index contributed by atoms with van der Waals surface area (Å²) in [5.41, 5.74) is 7.16. The van der Waals surface area contributed by atoms with Crippen LogP contribution in [0.5, 0.6) is 0 Å². The van der Waals surface area contributed by atoms with Gasteiger partial charge in [-0.2, -0.15) is 0 Å². The number of fused-ring (bicyclic) bond motifs is 1. The Balaban J connectivity index is 0.000000444. The molecule has 4 nitrogen and oxygen atoms in total. The fraction of sp³-hybridized carbons (Fsp3) is 0.200. The summed E-state index contributed by atoms with van der Waals surface area (Å²) >= 11 is 3.35. The Morgan fingerprint density at radius 1 is 1.35 bits per heavy atom. The summed E-state index contributed by atoms with van der Waals surface area (Å²) in [7, 11) is 1.31. The van der Waals surface area contributed by atoms with Gasteiger partial charge in [0.25, 0.3) is 0 Å². The standard InChI is InChI=1S/C11H9BrN2O2.C4H8/c1-16-11(15)9-4-6-2-3-7(12)5-8(6)10(13)14-9;1-4(2)3/h2-5H,1H3,(H2,13,14);1H2,2-3H3. The van der Waals surface area contributed by atoms with Gasteiger partial charge in [-0.15, -0.1) is 6.58 Å². The SMILES string of the molecule is C=C(C)C.COC(=O)c1cc2ccc(Br)cc2c(N)n1. The van der Waals surface area contributed by atoms with E-state index in [9.17, 15) is 4.79 Å². The highest BCUT2D eigenvalue weighted by Crippen LogP contribution is 2.24. The Labute approximate surface area is 126 Å². The third-order valence-electron chi connectivity index (χ3n) is 2.22. The van der Waals surface area contributed by atoms with Crippen LogP contribution in [-0.2, 0) is 4.74 Å². The average Bonchev–Trinajstić information content (AvgIpc) is 2.37. The number of carbonyl (C=O) groups is 1. The molecule has 0 amide bonds. The van der Waals surface area contributed by atoms with E-state index in [1.54, 1.807) is 6.07 Å². The monoisotopic (exact) mass is 336 g/mol. The van der Waals surface area contributed by atoms with Gasteiger partial charge in [0.15, 0.2) is 5.69 Å². The maximum Gasteiger partial charge on any atom is 0.356 e. The molecule has 2 rings (SSSR count). The van der Waals surface area contributed by atoms with Crippen molar-refractivity contribution in [3.05, 3.63) is 46.6 Å². The molecular formula is C15H17BrN2O2. The van der Waals surface area contributed by atoms with Gasteiger partial charge in [0.05, 0.1) is 7.11 Å². The fourth-order valence-corrected chi connectivity index (χ4v) is 1.82. The lowest BCUT2D eigenvalue weighted by atomic mass is 10.1. The molecule has 0 aliphatic carbocycles. The average molecular weight is 337 g/mol. The van der Waals surface area contributed by atoms with Gasteiger partial charge in [-0.3, -0.25) is 0 Å². The van der Waals surface area contributed by atoms with E-state index in [4.69, 9.17) is 5.73 Å². The van der Waals surface area contributed by atoms with E-state index in [1.165, 1.54) is 12.7 Å². The summed E-state index contributed by atoms with van der Waals surface area (Å²) in [6, 6.07) is 7.26. The lowest BCUT2D eigenvalue weighted by Crippen LogP contribution is -2.06. The molecule has 1 aromatic heterocycles. The van der Waals surface area contributed by atoms with Crippen molar-refractivity contribution in [2.24, 2.45) is 0 Å². The Hall–Kier alpha value is -1.88. The van der Waals surface area contributed by atoms with E-state index in [2.05, 4.69) is 32.2 Å². The first-order valence-electron chi connectivity index (χ1n) is 5.91. The van der Waals surface area contributed by atoms with Crippen molar-refractivity contribution < 1.29 is 9.53 Å². The van der Waals surface area contributed by atoms with Gasteiger partial charge < -0.3 is 10.5 Å². The van der Waals surface area contributed by atoms with E-state index in [-0.39, 0.29) is 5.69 Å². The van der Waals surface area contributed by atoms with E-state index in [0.29, 0.717) is 5.82 Å². The van der Waals surface area contributed by atoms with Crippen molar-refractivity contribution in [1.29, 1.82) is 0 Å². The Kier molecular flexibility index (Phi) is 5.70. The molecule has 0 saturated carbocycles. The summed E-state index contributed by atoms with van der Waals surface area (Å²) in [6.07, 6.45) is 0. The second-order valence-electron chi connectivity index (χ2n) is 4.46. The smallest absolute Gasteiger partial charge is 0.356 e. The molecule has 0 saturated heterocycles. The van der Waals surface area contributed by atoms with Gasteiger partial charge in [-0.1, -0.05) is 27.6 Å². The first kappa shape index (κ1) is 16.2. The molecule has 2 N–H and O–H groups in total.